The smallest absolute Gasteiger partial charge is 0.143 e. The molecule has 4 nitrogen and oxygen atoms in total. The van der Waals surface area contributed by atoms with E-state index in [1.165, 1.54) is 0 Å². The second-order valence-electron chi connectivity index (χ2n) is 4.21. The highest BCUT2D eigenvalue weighted by Gasteiger charge is 2.04. The number of nitriles is 1. The van der Waals surface area contributed by atoms with Crippen LogP contribution in [0.5, 0.6) is 5.75 Å². The van der Waals surface area contributed by atoms with Crippen LogP contribution in [-0.2, 0) is 6.54 Å². The molecule has 0 fully saturated rings. The second kappa shape index (κ2) is 5.87. The van der Waals surface area contributed by atoms with Crippen LogP contribution < -0.4 is 10.1 Å². The number of anilines is 1. The Balaban J connectivity index is 2.11. The lowest BCUT2D eigenvalue weighted by atomic mass is 10.2. The van der Waals surface area contributed by atoms with Crippen LogP contribution in [0.1, 0.15) is 16.8 Å². The lowest BCUT2D eigenvalue weighted by molar-refractivity contribution is 0.416. The summed E-state index contributed by atoms with van der Waals surface area (Å²) in [5.74, 6) is 0.658. The number of nitrogens with one attached hydrogen (secondary N) is 1. The summed E-state index contributed by atoms with van der Waals surface area (Å²) in [7, 11) is 1.59. The largest absolute Gasteiger partial charge is 0.495 e. The van der Waals surface area contributed by atoms with E-state index < -0.39 is 0 Å². The molecule has 1 heterocycles. The number of hydrogen-bond acceptors (Lipinski definition) is 4. The highest BCUT2D eigenvalue weighted by molar-refractivity contribution is 5.59. The van der Waals surface area contributed by atoms with Gasteiger partial charge in [-0.1, -0.05) is 6.07 Å². The molecular weight excluding hydrogens is 238 g/mol. The zero-order chi connectivity index (χ0) is 13.7. The fourth-order valence-corrected chi connectivity index (χ4v) is 1.70. The maximum absolute atomic E-state index is 8.85. The van der Waals surface area contributed by atoms with Gasteiger partial charge in [-0.05, 0) is 30.7 Å². The molecule has 19 heavy (non-hydrogen) atoms. The summed E-state index contributed by atoms with van der Waals surface area (Å²) in [4.78, 5) is 4.33. The number of hydrogen-bond donors (Lipinski definition) is 1. The molecular formula is C15H15N3O. The molecule has 0 radical (unpaired) electrons. The van der Waals surface area contributed by atoms with Crippen LogP contribution in [0.3, 0.4) is 0 Å². The van der Waals surface area contributed by atoms with Crippen molar-refractivity contribution in [2.24, 2.45) is 0 Å². The van der Waals surface area contributed by atoms with E-state index in [0.29, 0.717) is 17.9 Å². The first-order valence-corrected chi connectivity index (χ1v) is 5.96. The van der Waals surface area contributed by atoms with E-state index in [9.17, 15) is 0 Å². The zero-order valence-electron chi connectivity index (χ0n) is 11.0. The monoisotopic (exact) mass is 253 g/mol. The number of benzene rings is 1. The molecule has 0 atom stereocenters. The Bertz CT molecular complexity index is 600. The summed E-state index contributed by atoms with van der Waals surface area (Å²) >= 11 is 0. The predicted octanol–water partition coefficient (Wildman–Crippen LogP) is 2.88. The molecule has 0 aliphatic heterocycles. The molecule has 0 aliphatic carbocycles. The molecule has 0 amide bonds. The number of ether oxygens (including phenoxy) is 1. The first kappa shape index (κ1) is 12.9. The number of rotatable bonds is 4. The lowest BCUT2D eigenvalue weighted by Gasteiger charge is -2.11. The van der Waals surface area contributed by atoms with Gasteiger partial charge in [0.25, 0.3) is 0 Å². The zero-order valence-corrected chi connectivity index (χ0v) is 11.0. The predicted molar refractivity (Wildman–Crippen MR) is 74.0 cm³/mol. The van der Waals surface area contributed by atoms with E-state index in [-0.39, 0.29) is 0 Å². The molecule has 2 rings (SSSR count). The molecule has 0 spiro atoms. The van der Waals surface area contributed by atoms with E-state index in [1.54, 1.807) is 19.2 Å². The van der Waals surface area contributed by atoms with Crippen molar-refractivity contribution >= 4 is 5.69 Å². The van der Waals surface area contributed by atoms with Gasteiger partial charge in [0, 0.05) is 12.3 Å². The molecule has 0 unspecified atom stereocenters. The molecule has 1 N–H and O–H groups in total. The van der Waals surface area contributed by atoms with Gasteiger partial charge in [-0.3, -0.25) is 4.98 Å². The van der Waals surface area contributed by atoms with Gasteiger partial charge >= 0.3 is 0 Å². The quantitative estimate of drug-likeness (QED) is 0.910. The van der Waals surface area contributed by atoms with Crippen LogP contribution in [-0.4, -0.2) is 12.1 Å². The van der Waals surface area contributed by atoms with E-state index >= 15 is 0 Å². The average molecular weight is 253 g/mol. The highest BCUT2D eigenvalue weighted by atomic mass is 16.5. The molecule has 4 heteroatoms. The number of pyridine rings is 1. The minimum atomic E-state index is 0.580. The van der Waals surface area contributed by atoms with Gasteiger partial charge in [0.15, 0.2) is 0 Å². The molecule has 0 bridgehead atoms. The fourth-order valence-electron chi connectivity index (χ4n) is 1.70. The third-order valence-electron chi connectivity index (χ3n) is 2.76. The van der Waals surface area contributed by atoms with Gasteiger partial charge in [0.05, 0.1) is 36.7 Å². The number of aromatic nitrogens is 1. The van der Waals surface area contributed by atoms with Crippen LogP contribution >= 0.6 is 0 Å². The van der Waals surface area contributed by atoms with Gasteiger partial charge in [-0.2, -0.15) is 5.26 Å². The number of methoxy groups -OCH3 is 1. The van der Waals surface area contributed by atoms with Crippen molar-refractivity contribution in [3.05, 3.63) is 53.3 Å². The van der Waals surface area contributed by atoms with Crippen LogP contribution in [0.15, 0.2) is 36.5 Å². The van der Waals surface area contributed by atoms with Crippen molar-refractivity contribution in [2.45, 2.75) is 13.5 Å². The molecule has 1 aromatic heterocycles. The summed E-state index contributed by atoms with van der Waals surface area (Å²) in [5.41, 5.74) is 3.52. The van der Waals surface area contributed by atoms with Gasteiger partial charge in [0.1, 0.15) is 5.75 Å². The van der Waals surface area contributed by atoms with Crippen LogP contribution in [0.25, 0.3) is 0 Å². The van der Waals surface area contributed by atoms with Gasteiger partial charge in [-0.15, -0.1) is 0 Å². The van der Waals surface area contributed by atoms with Gasteiger partial charge < -0.3 is 10.1 Å². The SMILES string of the molecule is COc1cc(C#N)ccc1NCc1ccc(C)cn1. The average Bonchev–Trinajstić information content (AvgIpc) is 2.46. The van der Waals surface area contributed by atoms with Crippen molar-refractivity contribution in [2.75, 3.05) is 12.4 Å². The normalized spacial score (nSPS) is 9.74. The third-order valence-corrected chi connectivity index (χ3v) is 2.76. The molecule has 0 saturated heterocycles. The number of aryl methyl sites for hydroxylation is 1. The fraction of sp³-hybridized carbons (Fsp3) is 0.200. The standard InChI is InChI=1S/C15H15N3O/c1-11-3-5-13(17-9-11)10-18-14-6-4-12(8-16)7-15(14)19-2/h3-7,9,18H,10H2,1-2H3. The summed E-state index contributed by atoms with van der Waals surface area (Å²) in [6.45, 7) is 2.62. The summed E-state index contributed by atoms with van der Waals surface area (Å²) in [5, 5.41) is 12.1. The molecule has 0 saturated carbocycles. The Morgan fingerprint density at radius 3 is 2.79 bits per heavy atom. The Morgan fingerprint density at radius 2 is 2.16 bits per heavy atom. The molecule has 96 valence electrons. The van der Waals surface area contributed by atoms with Crippen molar-refractivity contribution in [3.8, 4) is 11.8 Å². The van der Waals surface area contributed by atoms with E-state index in [0.717, 1.165) is 16.9 Å². The summed E-state index contributed by atoms with van der Waals surface area (Å²) in [6, 6.07) is 11.4. The maximum atomic E-state index is 8.85. The maximum Gasteiger partial charge on any atom is 0.143 e. The molecule has 1 aromatic carbocycles. The van der Waals surface area contributed by atoms with Crippen molar-refractivity contribution in [1.82, 2.24) is 4.98 Å². The van der Waals surface area contributed by atoms with Gasteiger partial charge in [0.2, 0.25) is 0 Å². The Hall–Kier alpha value is -2.54. The molecule has 2 aromatic rings. The Labute approximate surface area is 112 Å². The third kappa shape index (κ3) is 3.23. The van der Waals surface area contributed by atoms with Gasteiger partial charge in [-0.25, -0.2) is 0 Å². The summed E-state index contributed by atoms with van der Waals surface area (Å²) < 4.78 is 5.26. The minimum absolute atomic E-state index is 0.580. The van der Waals surface area contributed by atoms with E-state index in [1.807, 2.05) is 31.3 Å². The topological polar surface area (TPSA) is 57.9 Å². The van der Waals surface area contributed by atoms with Crippen LogP contribution in [0.2, 0.25) is 0 Å². The second-order valence-corrected chi connectivity index (χ2v) is 4.21. The molecule has 0 aliphatic rings. The minimum Gasteiger partial charge on any atom is -0.495 e. The summed E-state index contributed by atoms with van der Waals surface area (Å²) in [6.07, 6.45) is 1.84. The lowest BCUT2D eigenvalue weighted by Crippen LogP contribution is -2.03. The van der Waals surface area contributed by atoms with Crippen LogP contribution in [0, 0.1) is 18.3 Å². The van der Waals surface area contributed by atoms with Crippen molar-refractivity contribution < 1.29 is 4.74 Å². The van der Waals surface area contributed by atoms with Crippen LogP contribution in [0.4, 0.5) is 5.69 Å². The number of nitrogens with zero attached hydrogens (tertiary/aromatic N) is 2. The van der Waals surface area contributed by atoms with E-state index in [4.69, 9.17) is 10.00 Å². The highest BCUT2D eigenvalue weighted by Crippen LogP contribution is 2.25. The first-order chi connectivity index (χ1) is 9.22. The first-order valence-electron chi connectivity index (χ1n) is 5.96. The Kier molecular flexibility index (Phi) is 3.99. The van der Waals surface area contributed by atoms with Crippen molar-refractivity contribution in [1.29, 1.82) is 5.26 Å². The Morgan fingerprint density at radius 1 is 1.32 bits per heavy atom. The van der Waals surface area contributed by atoms with E-state index in [2.05, 4.69) is 16.4 Å². The van der Waals surface area contributed by atoms with Crippen molar-refractivity contribution in [3.63, 3.8) is 0 Å².